The highest BCUT2D eigenvalue weighted by Crippen LogP contribution is 2.34. The Kier molecular flexibility index (Phi) is 4.24. The predicted molar refractivity (Wildman–Crippen MR) is 79.3 cm³/mol. The number of aryl methyl sites for hydroxylation is 2. The van der Waals surface area contributed by atoms with Crippen molar-refractivity contribution in [2.45, 2.75) is 44.9 Å². The molecule has 1 amide bonds. The Hall–Kier alpha value is -1.43. The van der Waals surface area contributed by atoms with E-state index in [4.69, 9.17) is 5.11 Å². The zero-order valence-corrected chi connectivity index (χ0v) is 12.7. The fourth-order valence-corrected chi connectivity index (χ4v) is 4.20. The summed E-state index contributed by atoms with van der Waals surface area (Å²) >= 11 is 1.76. The maximum Gasteiger partial charge on any atom is 0.307 e. The largest absolute Gasteiger partial charge is 0.481 e. The van der Waals surface area contributed by atoms with Crippen LogP contribution in [0.3, 0.4) is 0 Å². The first kappa shape index (κ1) is 14.5. The van der Waals surface area contributed by atoms with Gasteiger partial charge in [0.25, 0.3) is 0 Å². The fraction of sp³-hybridized carbons (Fsp3) is 0.667. The summed E-state index contributed by atoms with van der Waals surface area (Å²) in [6.07, 6.45) is 6.76. The second-order valence-electron chi connectivity index (χ2n) is 5.85. The monoisotopic (exact) mass is 308 g/mol. The third-order valence-electron chi connectivity index (χ3n) is 4.46. The quantitative estimate of drug-likeness (QED) is 0.869. The van der Waals surface area contributed by atoms with Crippen LogP contribution in [0.15, 0.2) is 0 Å². The third kappa shape index (κ3) is 3.10. The first-order valence-corrected chi connectivity index (χ1v) is 8.45. The normalized spacial score (nSPS) is 24.0. The van der Waals surface area contributed by atoms with Crippen molar-refractivity contribution < 1.29 is 14.7 Å². The van der Waals surface area contributed by atoms with Gasteiger partial charge >= 0.3 is 5.97 Å². The van der Waals surface area contributed by atoms with E-state index < -0.39 is 11.9 Å². The van der Waals surface area contributed by atoms with Crippen molar-refractivity contribution in [3.8, 4) is 0 Å². The van der Waals surface area contributed by atoms with Crippen molar-refractivity contribution in [3.05, 3.63) is 15.6 Å². The molecule has 21 heavy (non-hydrogen) atoms. The molecule has 0 saturated heterocycles. The molecule has 2 aliphatic carbocycles. The molecule has 3 rings (SSSR count). The second kappa shape index (κ2) is 6.13. The zero-order chi connectivity index (χ0) is 14.8. The standard InChI is InChI=1S/C15H20N2O3S/c18-14(9-5-6-10(9)15(19)20)16-8-7-13-17-11-3-1-2-4-12(11)21-13/h9-10H,1-8H2,(H,16,18)(H,19,20). The van der Waals surface area contributed by atoms with Crippen LogP contribution in [-0.4, -0.2) is 28.5 Å². The van der Waals surface area contributed by atoms with Crippen LogP contribution in [0.25, 0.3) is 0 Å². The first-order chi connectivity index (χ1) is 10.1. The number of carbonyl (C=O) groups is 2. The molecule has 0 bridgehead atoms. The molecule has 1 fully saturated rings. The molecule has 1 aromatic rings. The number of nitrogens with zero attached hydrogens (tertiary/aromatic N) is 1. The number of carboxylic acid groups (broad SMARTS) is 1. The number of fused-ring (bicyclic) bond motifs is 1. The molecule has 2 unspecified atom stereocenters. The van der Waals surface area contributed by atoms with E-state index in [1.165, 1.54) is 23.4 Å². The molecule has 2 N–H and O–H groups in total. The van der Waals surface area contributed by atoms with Crippen molar-refractivity contribution in [3.63, 3.8) is 0 Å². The van der Waals surface area contributed by atoms with Gasteiger partial charge in [-0.3, -0.25) is 9.59 Å². The molecule has 2 atom stereocenters. The van der Waals surface area contributed by atoms with Gasteiger partial charge in [0.1, 0.15) is 0 Å². The Labute approximate surface area is 127 Å². The summed E-state index contributed by atoms with van der Waals surface area (Å²) in [5.41, 5.74) is 1.25. The van der Waals surface area contributed by atoms with E-state index in [9.17, 15) is 9.59 Å². The van der Waals surface area contributed by atoms with E-state index in [2.05, 4.69) is 10.3 Å². The molecule has 0 radical (unpaired) electrons. The van der Waals surface area contributed by atoms with Crippen molar-refractivity contribution >= 4 is 23.2 Å². The number of aliphatic carboxylic acids is 1. The van der Waals surface area contributed by atoms with Crippen molar-refractivity contribution in [1.29, 1.82) is 0 Å². The molecule has 2 aliphatic rings. The minimum atomic E-state index is -0.853. The van der Waals surface area contributed by atoms with Crippen LogP contribution in [0.4, 0.5) is 0 Å². The van der Waals surface area contributed by atoms with Gasteiger partial charge < -0.3 is 10.4 Å². The number of hydrogen-bond donors (Lipinski definition) is 2. The van der Waals surface area contributed by atoms with Gasteiger partial charge in [-0.15, -0.1) is 11.3 Å². The highest BCUT2D eigenvalue weighted by Gasteiger charge is 2.41. The summed E-state index contributed by atoms with van der Waals surface area (Å²) < 4.78 is 0. The molecular weight excluding hydrogens is 288 g/mol. The highest BCUT2D eigenvalue weighted by atomic mass is 32.1. The van der Waals surface area contributed by atoms with Crippen LogP contribution in [0.5, 0.6) is 0 Å². The van der Waals surface area contributed by atoms with Gasteiger partial charge in [0.2, 0.25) is 5.91 Å². The molecular formula is C15H20N2O3S. The summed E-state index contributed by atoms with van der Waals surface area (Å²) in [6, 6.07) is 0. The van der Waals surface area contributed by atoms with Crippen molar-refractivity contribution in [1.82, 2.24) is 10.3 Å². The Morgan fingerprint density at radius 1 is 1.24 bits per heavy atom. The van der Waals surface area contributed by atoms with E-state index in [0.717, 1.165) is 24.3 Å². The number of thiazole rings is 1. The van der Waals surface area contributed by atoms with Crippen LogP contribution in [0, 0.1) is 11.8 Å². The van der Waals surface area contributed by atoms with Gasteiger partial charge in [0.05, 0.1) is 22.5 Å². The van der Waals surface area contributed by atoms with Crippen LogP contribution >= 0.6 is 11.3 Å². The topological polar surface area (TPSA) is 79.3 Å². The van der Waals surface area contributed by atoms with Gasteiger partial charge in [-0.05, 0) is 38.5 Å². The van der Waals surface area contributed by atoms with Crippen LogP contribution in [0.2, 0.25) is 0 Å². The summed E-state index contributed by atoms with van der Waals surface area (Å²) in [7, 11) is 0. The first-order valence-electron chi connectivity index (χ1n) is 7.63. The molecule has 6 heteroatoms. The lowest BCUT2D eigenvalue weighted by Gasteiger charge is -2.31. The minimum absolute atomic E-state index is 0.116. The summed E-state index contributed by atoms with van der Waals surface area (Å²) in [5, 5.41) is 12.9. The molecule has 0 spiro atoms. The fourth-order valence-electron chi connectivity index (χ4n) is 3.05. The maximum atomic E-state index is 11.9. The Balaban J connectivity index is 1.46. The molecule has 1 heterocycles. The number of amides is 1. The number of carboxylic acids is 1. The Morgan fingerprint density at radius 2 is 2.00 bits per heavy atom. The van der Waals surface area contributed by atoms with Crippen molar-refractivity contribution in [2.24, 2.45) is 11.8 Å². The third-order valence-corrected chi connectivity index (χ3v) is 5.67. The lowest BCUT2D eigenvalue weighted by atomic mass is 9.73. The lowest BCUT2D eigenvalue weighted by Crippen LogP contribution is -2.44. The summed E-state index contributed by atoms with van der Waals surface area (Å²) in [5.74, 6) is -1.80. The van der Waals surface area contributed by atoms with E-state index in [1.807, 2.05) is 0 Å². The zero-order valence-electron chi connectivity index (χ0n) is 11.9. The number of rotatable bonds is 5. The number of nitrogens with one attached hydrogen (secondary N) is 1. The maximum absolute atomic E-state index is 11.9. The average Bonchev–Trinajstić information content (AvgIpc) is 2.79. The predicted octanol–water partition coefficient (Wildman–Crippen LogP) is 1.79. The van der Waals surface area contributed by atoms with Crippen LogP contribution in [-0.2, 0) is 28.9 Å². The van der Waals surface area contributed by atoms with E-state index in [1.54, 1.807) is 11.3 Å². The number of carbonyl (C=O) groups excluding carboxylic acids is 1. The Morgan fingerprint density at radius 3 is 2.67 bits per heavy atom. The molecule has 1 saturated carbocycles. The number of aromatic nitrogens is 1. The van der Waals surface area contributed by atoms with Crippen molar-refractivity contribution in [2.75, 3.05) is 6.54 Å². The smallest absolute Gasteiger partial charge is 0.307 e. The molecule has 1 aromatic heterocycles. The summed E-state index contributed by atoms with van der Waals surface area (Å²) in [4.78, 5) is 28.9. The minimum Gasteiger partial charge on any atom is -0.481 e. The van der Waals surface area contributed by atoms with E-state index in [0.29, 0.717) is 19.4 Å². The highest BCUT2D eigenvalue weighted by molar-refractivity contribution is 7.11. The van der Waals surface area contributed by atoms with Gasteiger partial charge in [-0.2, -0.15) is 0 Å². The molecule has 114 valence electrons. The SMILES string of the molecule is O=C(O)C1CCC1C(=O)NCCc1nc2c(s1)CCCC2. The Bertz CT molecular complexity index is 532. The van der Waals surface area contributed by atoms with Crippen LogP contribution < -0.4 is 5.32 Å². The van der Waals surface area contributed by atoms with Gasteiger partial charge in [-0.25, -0.2) is 4.98 Å². The van der Waals surface area contributed by atoms with E-state index >= 15 is 0 Å². The van der Waals surface area contributed by atoms with Gasteiger partial charge in [0.15, 0.2) is 0 Å². The molecule has 0 aliphatic heterocycles. The van der Waals surface area contributed by atoms with Crippen LogP contribution in [0.1, 0.15) is 41.3 Å². The molecule has 5 nitrogen and oxygen atoms in total. The van der Waals surface area contributed by atoms with E-state index in [-0.39, 0.29) is 11.8 Å². The summed E-state index contributed by atoms with van der Waals surface area (Å²) in [6.45, 7) is 0.550. The van der Waals surface area contributed by atoms with Gasteiger partial charge in [-0.1, -0.05) is 0 Å². The number of hydrogen-bond acceptors (Lipinski definition) is 4. The second-order valence-corrected chi connectivity index (χ2v) is 7.02. The molecule has 0 aromatic carbocycles. The van der Waals surface area contributed by atoms with Gasteiger partial charge in [0, 0.05) is 17.8 Å². The average molecular weight is 308 g/mol. The lowest BCUT2D eigenvalue weighted by molar-refractivity contribution is -0.152.